The molecule has 2 heteroatoms. The fourth-order valence-corrected chi connectivity index (χ4v) is 3.47. The maximum absolute atomic E-state index is 3.51. The first-order chi connectivity index (χ1) is 9.90. The van der Waals surface area contributed by atoms with Crippen LogP contribution in [-0.4, -0.2) is 6.54 Å². The Morgan fingerprint density at radius 2 is 1.80 bits per heavy atom. The molecule has 0 radical (unpaired) electrons. The summed E-state index contributed by atoms with van der Waals surface area (Å²) in [7, 11) is 0. The number of hydrogen-bond donors (Lipinski definition) is 1. The molecule has 0 unspecified atom stereocenters. The molecule has 2 aromatic carbocycles. The van der Waals surface area contributed by atoms with E-state index in [0.29, 0.717) is 0 Å². The van der Waals surface area contributed by atoms with E-state index in [1.165, 1.54) is 33.2 Å². The second-order valence-electron chi connectivity index (χ2n) is 4.98. The molecule has 0 aliphatic carbocycles. The molecule has 0 saturated carbocycles. The fraction of sp³-hybridized carbons (Fsp3) is 0.222. The number of rotatable bonds is 5. The zero-order valence-corrected chi connectivity index (χ0v) is 12.5. The second-order valence-corrected chi connectivity index (χ2v) is 5.89. The molecular formula is C18H19NS. The molecule has 1 aromatic heterocycles. The van der Waals surface area contributed by atoms with Gasteiger partial charge in [0.25, 0.3) is 0 Å². The molecule has 0 amide bonds. The van der Waals surface area contributed by atoms with E-state index in [0.717, 1.165) is 13.1 Å². The summed E-state index contributed by atoms with van der Waals surface area (Å²) in [6.07, 6.45) is 1.17. The fourth-order valence-electron chi connectivity index (χ4n) is 2.54. The van der Waals surface area contributed by atoms with E-state index < -0.39 is 0 Å². The smallest absolute Gasteiger partial charge is 0.0421 e. The minimum atomic E-state index is 0.936. The van der Waals surface area contributed by atoms with Crippen LogP contribution in [-0.2, 0) is 6.54 Å². The molecule has 3 aromatic rings. The van der Waals surface area contributed by atoms with Crippen LogP contribution < -0.4 is 5.32 Å². The summed E-state index contributed by atoms with van der Waals surface area (Å²) in [4.78, 5) is 0. The molecule has 1 heterocycles. The van der Waals surface area contributed by atoms with Crippen LogP contribution in [0.25, 0.3) is 21.2 Å². The summed E-state index contributed by atoms with van der Waals surface area (Å²) in [5, 5.41) is 7.02. The van der Waals surface area contributed by atoms with Gasteiger partial charge in [0.15, 0.2) is 0 Å². The van der Waals surface area contributed by atoms with E-state index in [9.17, 15) is 0 Å². The molecule has 102 valence electrons. The van der Waals surface area contributed by atoms with E-state index in [1.807, 2.05) is 11.3 Å². The highest BCUT2D eigenvalue weighted by molar-refractivity contribution is 7.17. The van der Waals surface area contributed by atoms with Crippen LogP contribution in [0.5, 0.6) is 0 Å². The Balaban J connectivity index is 2.03. The Bertz CT molecular complexity index is 699. The quantitative estimate of drug-likeness (QED) is 0.644. The lowest BCUT2D eigenvalue weighted by Crippen LogP contribution is -2.14. The van der Waals surface area contributed by atoms with Crippen molar-refractivity contribution in [2.45, 2.75) is 19.9 Å². The third-order valence-electron chi connectivity index (χ3n) is 3.53. The summed E-state index contributed by atoms with van der Waals surface area (Å²) in [5.74, 6) is 0. The third kappa shape index (κ3) is 2.62. The van der Waals surface area contributed by atoms with E-state index in [2.05, 4.69) is 66.2 Å². The topological polar surface area (TPSA) is 12.0 Å². The zero-order valence-electron chi connectivity index (χ0n) is 11.7. The van der Waals surface area contributed by atoms with Gasteiger partial charge in [-0.1, -0.05) is 49.4 Å². The lowest BCUT2D eigenvalue weighted by Gasteiger charge is -2.11. The Hall–Kier alpha value is -1.64. The van der Waals surface area contributed by atoms with Crippen molar-refractivity contribution >= 4 is 21.4 Å². The average molecular weight is 281 g/mol. The Kier molecular flexibility index (Phi) is 4.14. The molecule has 0 fully saturated rings. The summed E-state index contributed by atoms with van der Waals surface area (Å²) < 4.78 is 1.38. The maximum Gasteiger partial charge on any atom is 0.0421 e. The number of fused-ring (bicyclic) bond motifs is 1. The number of hydrogen-bond acceptors (Lipinski definition) is 2. The molecule has 0 spiro atoms. The molecule has 0 aliphatic rings. The minimum absolute atomic E-state index is 0.936. The van der Waals surface area contributed by atoms with Gasteiger partial charge in [0, 0.05) is 11.2 Å². The van der Waals surface area contributed by atoms with Crippen LogP contribution in [0.2, 0.25) is 0 Å². The van der Waals surface area contributed by atoms with Crippen molar-refractivity contribution in [2.24, 2.45) is 0 Å². The van der Waals surface area contributed by atoms with Crippen molar-refractivity contribution in [3.05, 3.63) is 59.5 Å². The molecule has 1 N–H and O–H groups in total. The zero-order chi connectivity index (χ0) is 13.8. The van der Waals surface area contributed by atoms with Gasteiger partial charge in [-0.15, -0.1) is 11.3 Å². The first-order valence-electron chi connectivity index (χ1n) is 7.15. The van der Waals surface area contributed by atoms with Crippen LogP contribution in [0.3, 0.4) is 0 Å². The van der Waals surface area contributed by atoms with Gasteiger partial charge in [0.05, 0.1) is 0 Å². The molecule has 3 rings (SSSR count). The van der Waals surface area contributed by atoms with E-state index >= 15 is 0 Å². The van der Waals surface area contributed by atoms with Gasteiger partial charge in [-0.05, 0) is 46.5 Å². The Labute approximate surface area is 124 Å². The number of thiophene rings is 1. The maximum atomic E-state index is 3.51. The summed E-state index contributed by atoms with van der Waals surface area (Å²) >= 11 is 1.83. The lowest BCUT2D eigenvalue weighted by atomic mass is 9.98. The number of benzene rings is 2. The molecule has 0 aliphatic heterocycles. The highest BCUT2D eigenvalue weighted by atomic mass is 32.1. The molecule has 0 bridgehead atoms. The van der Waals surface area contributed by atoms with Crippen LogP contribution in [0, 0.1) is 0 Å². The summed E-state index contributed by atoms with van der Waals surface area (Å²) in [6, 6.07) is 17.5. The molecule has 1 nitrogen and oxygen atoms in total. The standard InChI is InChI=1S/C18H19NS/c1-2-11-19-13-15-6-3-4-8-16(15)17-9-5-7-14-10-12-20-18(14)17/h3-10,12,19H,2,11,13H2,1H3. The second kappa shape index (κ2) is 6.21. The molecule has 20 heavy (non-hydrogen) atoms. The van der Waals surface area contributed by atoms with Crippen molar-refractivity contribution in [3.63, 3.8) is 0 Å². The number of nitrogens with one attached hydrogen (secondary N) is 1. The van der Waals surface area contributed by atoms with Gasteiger partial charge in [0.1, 0.15) is 0 Å². The third-order valence-corrected chi connectivity index (χ3v) is 4.49. The van der Waals surface area contributed by atoms with Gasteiger partial charge < -0.3 is 5.32 Å². The predicted octanol–water partition coefficient (Wildman–Crippen LogP) is 5.07. The van der Waals surface area contributed by atoms with E-state index in [1.54, 1.807) is 0 Å². The van der Waals surface area contributed by atoms with Gasteiger partial charge in [0.2, 0.25) is 0 Å². The van der Waals surface area contributed by atoms with E-state index in [-0.39, 0.29) is 0 Å². The first kappa shape index (κ1) is 13.3. The minimum Gasteiger partial charge on any atom is -0.313 e. The van der Waals surface area contributed by atoms with Crippen molar-refractivity contribution in [1.82, 2.24) is 5.32 Å². The summed E-state index contributed by atoms with van der Waals surface area (Å²) in [6.45, 7) is 4.20. The van der Waals surface area contributed by atoms with E-state index in [4.69, 9.17) is 0 Å². The largest absolute Gasteiger partial charge is 0.313 e. The summed E-state index contributed by atoms with van der Waals surface area (Å²) in [5.41, 5.74) is 4.08. The Morgan fingerprint density at radius 1 is 0.950 bits per heavy atom. The van der Waals surface area contributed by atoms with Crippen molar-refractivity contribution in [1.29, 1.82) is 0 Å². The van der Waals surface area contributed by atoms with Crippen molar-refractivity contribution in [3.8, 4) is 11.1 Å². The lowest BCUT2D eigenvalue weighted by molar-refractivity contribution is 0.676. The molecular weight excluding hydrogens is 262 g/mol. The van der Waals surface area contributed by atoms with Crippen LogP contribution >= 0.6 is 11.3 Å². The van der Waals surface area contributed by atoms with Crippen molar-refractivity contribution in [2.75, 3.05) is 6.54 Å². The van der Waals surface area contributed by atoms with Crippen LogP contribution in [0.4, 0.5) is 0 Å². The highest BCUT2D eigenvalue weighted by Crippen LogP contribution is 2.34. The molecule has 0 atom stereocenters. The Morgan fingerprint density at radius 3 is 2.70 bits per heavy atom. The van der Waals surface area contributed by atoms with Crippen LogP contribution in [0.15, 0.2) is 53.9 Å². The van der Waals surface area contributed by atoms with Gasteiger partial charge in [-0.2, -0.15) is 0 Å². The monoisotopic (exact) mass is 281 g/mol. The van der Waals surface area contributed by atoms with Gasteiger partial charge in [-0.25, -0.2) is 0 Å². The molecule has 0 saturated heterocycles. The van der Waals surface area contributed by atoms with Crippen LogP contribution in [0.1, 0.15) is 18.9 Å². The van der Waals surface area contributed by atoms with Gasteiger partial charge >= 0.3 is 0 Å². The first-order valence-corrected chi connectivity index (χ1v) is 8.03. The highest BCUT2D eigenvalue weighted by Gasteiger charge is 2.08. The normalized spacial score (nSPS) is 11.1. The average Bonchev–Trinajstić information content (AvgIpc) is 2.96. The van der Waals surface area contributed by atoms with Crippen molar-refractivity contribution < 1.29 is 0 Å². The van der Waals surface area contributed by atoms with Gasteiger partial charge in [-0.3, -0.25) is 0 Å². The SMILES string of the molecule is CCCNCc1ccccc1-c1cccc2ccsc12. The predicted molar refractivity (Wildman–Crippen MR) is 89.3 cm³/mol.